The van der Waals surface area contributed by atoms with Crippen LogP contribution < -0.4 is 9.47 Å². The van der Waals surface area contributed by atoms with Gasteiger partial charge in [-0.25, -0.2) is 4.79 Å². The van der Waals surface area contributed by atoms with Crippen molar-refractivity contribution in [2.45, 2.75) is 6.61 Å². The van der Waals surface area contributed by atoms with E-state index in [0.717, 1.165) is 5.56 Å². The fourth-order valence-electron chi connectivity index (χ4n) is 1.46. The summed E-state index contributed by atoms with van der Waals surface area (Å²) in [7, 11) is 1.52. The molecule has 0 amide bonds. The average molecular weight is 264 g/mol. The summed E-state index contributed by atoms with van der Waals surface area (Å²) in [6.45, 7) is 0.392. The molecular weight excluding hydrogens is 252 g/mol. The van der Waals surface area contributed by atoms with Gasteiger partial charge in [0.25, 0.3) is 0 Å². The topological polar surface area (TPSA) is 55.8 Å². The van der Waals surface area contributed by atoms with Crippen molar-refractivity contribution >= 4 is 17.3 Å². The zero-order chi connectivity index (χ0) is 13.0. The van der Waals surface area contributed by atoms with Gasteiger partial charge in [0.1, 0.15) is 6.61 Å². The fourth-order valence-corrected chi connectivity index (χ4v) is 2.11. The summed E-state index contributed by atoms with van der Waals surface area (Å²) in [6, 6.07) is 6.50. The second-order valence-electron chi connectivity index (χ2n) is 3.59. The van der Waals surface area contributed by atoms with E-state index >= 15 is 0 Å². The maximum atomic E-state index is 10.9. The zero-order valence-corrected chi connectivity index (χ0v) is 10.6. The van der Waals surface area contributed by atoms with Crippen molar-refractivity contribution < 1.29 is 19.4 Å². The lowest BCUT2D eigenvalue weighted by Gasteiger charge is -2.10. The minimum atomic E-state index is -0.988. The second-order valence-corrected chi connectivity index (χ2v) is 4.37. The third-order valence-electron chi connectivity index (χ3n) is 2.39. The number of carbonyl (C=O) groups is 1. The molecule has 94 valence electrons. The highest BCUT2D eigenvalue weighted by atomic mass is 32.1. The molecule has 0 fully saturated rings. The Labute approximate surface area is 108 Å². The van der Waals surface area contributed by atoms with Crippen molar-refractivity contribution in [2.75, 3.05) is 7.11 Å². The lowest BCUT2D eigenvalue weighted by atomic mass is 10.2. The summed E-state index contributed by atoms with van der Waals surface area (Å²) in [5, 5.41) is 12.9. The first kappa shape index (κ1) is 12.4. The predicted octanol–water partition coefficient (Wildman–Crippen LogP) is 3.03. The Bertz CT molecular complexity index is 534. The Morgan fingerprint density at radius 3 is 2.78 bits per heavy atom. The number of ether oxygens (including phenoxy) is 2. The van der Waals surface area contributed by atoms with Crippen LogP contribution in [-0.2, 0) is 6.61 Å². The molecule has 0 spiro atoms. The predicted molar refractivity (Wildman–Crippen MR) is 68.6 cm³/mol. The Morgan fingerprint density at radius 2 is 2.17 bits per heavy atom. The van der Waals surface area contributed by atoms with Gasteiger partial charge in [0.05, 0.1) is 12.7 Å². The van der Waals surface area contributed by atoms with Gasteiger partial charge in [-0.15, -0.1) is 0 Å². The maximum absolute atomic E-state index is 10.9. The van der Waals surface area contributed by atoms with Crippen LogP contribution in [-0.4, -0.2) is 18.2 Å². The van der Waals surface area contributed by atoms with Gasteiger partial charge in [-0.3, -0.25) is 0 Å². The Balaban J connectivity index is 2.18. The summed E-state index contributed by atoms with van der Waals surface area (Å²) in [6.07, 6.45) is 0. The van der Waals surface area contributed by atoms with E-state index < -0.39 is 5.97 Å². The molecule has 0 aliphatic carbocycles. The Kier molecular flexibility index (Phi) is 3.84. The first-order valence-electron chi connectivity index (χ1n) is 5.26. The van der Waals surface area contributed by atoms with Crippen LogP contribution in [0.25, 0.3) is 0 Å². The van der Waals surface area contributed by atoms with E-state index in [1.807, 2.05) is 16.8 Å². The first-order valence-corrected chi connectivity index (χ1v) is 6.20. The van der Waals surface area contributed by atoms with Gasteiger partial charge in [0, 0.05) is 0 Å². The van der Waals surface area contributed by atoms with Crippen molar-refractivity contribution in [3.8, 4) is 11.5 Å². The van der Waals surface area contributed by atoms with E-state index in [-0.39, 0.29) is 5.56 Å². The Morgan fingerprint density at radius 1 is 1.33 bits per heavy atom. The molecule has 1 heterocycles. The van der Waals surface area contributed by atoms with E-state index in [2.05, 4.69) is 0 Å². The van der Waals surface area contributed by atoms with Crippen molar-refractivity contribution in [3.63, 3.8) is 0 Å². The van der Waals surface area contributed by atoms with Gasteiger partial charge in [-0.05, 0) is 40.6 Å². The second kappa shape index (κ2) is 5.55. The molecule has 4 nitrogen and oxygen atoms in total. The quantitative estimate of drug-likeness (QED) is 0.901. The number of hydrogen-bond donors (Lipinski definition) is 1. The Hall–Kier alpha value is -2.01. The number of hydrogen-bond acceptors (Lipinski definition) is 4. The molecule has 0 bridgehead atoms. The van der Waals surface area contributed by atoms with Gasteiger partial charge >= 0.3 is 5.97 Å². The molecule has 1 aromatic carbocycles. The molecule has 18 heavy (non-hydrogen) atoms. The molecular formula is C13H12O4S. The standard InChI is InChI=1S/C13H12O4S/c1-16-11-3-2-10(13(14)15)6-12(11)17-7-9-4-5-18-8-9/h2-6,8H,7H2,1H3,(H,14,15). The van der Waals surface area contributed by atoms with Crippen LogP contribution in [0.3, 0.4) is 0 Å². The zero-order valence-electron chi connectivity index (χ0n) is 9.75. The summed E-state index contributed by atoms with van der Waals surface area (Å²) in [5.41, 5.74) is 1.22. The van der Waals surface area contributed by atoms with Crippen molar-refractivity contribution in [1.29, 1.82) is 0 Å². The minimum Gasteiger partial charge on any atom is -0.493 e. The van der Waals surface area contributed by atoms with Gasteiger partial charge < -0.3 is 14.6 Å². The number of carboxylic acid groups (broad SMARTS) is 1. The lowest BCUT2D eigenvalue weighted by Crippen LogP contribution is -2.00. The number of thiophene rings is 1. The molecule has 0 atom stereocenters. The highest BCUT2D eigenvalue weighted by Crippen LogP contribution is 2.29. The third-order valence-corrected chi connectivity index (χ3v) is 3.12. The van der Waals surface area contributed by atoms with Gasteiger partial charge in [0.15, 0.2) is 11.5 Å². The van der Waals surface area contributed by atoms with Crippen LogP contribution in [0.4, 0.5) is 0 Å². The van der Waals surface area contributed by atoms with Crippen LogP contribution in [0.5, 0.6) is 11.5 Å². The minimum absolute atomic E-state index is 0.177. The SMILES string of the molecule is COc1ccc(C(=O)O)cc1OCc1ccsc1. The molecule has 0 aliphatic rings. The van der Waals surface area contributed by atoms with E-state index in [0.29, 0.717) is 18.1 Å². The van der Waals surface area contributed by atoms with Gasteiger partial charge in [-0.2, -0.15) is 11.3 Å². The average Bonchev–Trinajstić information content (AvgIpc) is 2.89. The van der Waals surface area contributed by atoms with E-state index in [1.165, 1.54) is 19.2 Å². The van der Waals surface area contributed by atoms with Crippen LogP contribution in [0, 0.1) is 0 Å². The summed E-state index contributed by atoms with van der Waals surface area (Å²) < 4.78 is 10.7. The number of methoxy groups -OCH3 is 1. The van der Waals surface area contributed by atoms with Crippen LogP contribution >= 0.6 is 11.3 Å². The monoisotopic (exact) mass is 264 g/mol. The normalized spacial score (nSPS) is 10.1. The number of rotatable bonds is 5. The molecule has 5 heteroatoms. The van der Waals surface area contributed by atoms with Crippen LogP contribution in [0.2, 0.25) is 0 Å². The third kappa shape index (κ3) is 2.81. The smallest absolute Gasteiger partial charge is 0.335 e. The molecule has 0 aliphatic heterocycles. The number of benzene rings is 1. The summed E-state index contributed by atoms with van der Waals surface area (Å²) in [4.78, 5) is 10.9. The molecule has 2 rings (SSSR count). The largest absolute Gasteiger partial charge is 0.493 e. The van der Waals surface area contributed by atoms with Crippen molar-refractivity contribution in [3.05, 3.63) is 46.2 Å². The van der Waals surface area contributed by atoms with Gasteiger partial charge in [-0.1, -0.05) is 0 Å². The molecule has 1 N–H and O–H groups in total. The van der Waals surface area contributed by atoms with Gasteiger partial charge in [0.2, 0.25) is 0 Å². The maximum Gasteiger partial charge on any atom is 0.335 e. The van der Waals surface area contributed by atoms with Crippen molar-refractivity contribution in [2.24, 2.45) is 0 Å². The summed E-state index contributed by atoms with van der Waals surface area (Å²) >= 11 is 1.59. The molecule has 0 unspecified atom stereocenters. The van der Waals surface area contributed by atoms with E-state index in [4.69, 9.17) is 14.6 Å². The molecule has 0 saturated carbocycles. The molecule has 2 aromatic rings. The first-order chi connectivity index (χ1) is 8.70. The van der Waals surface area contributed by atoms with E-state index in [9.17, 15) is 4.79 Å². The lowest BCUT2D eigenvalue weighted by molar-refractivity contribution is 0.0696. The molecule has 0 saturated heterocycles. The highest BCUT2D eigenvalue weighted by Gasteiger charge is 2.10. The van der Waals surface area contributed by atoms with Crippen molar-refractivity contribution in [1.82, 2.24) is 0 Å². The molecule has 0 radical (unpaired) electrons. The number of aromatic carboxylic acids is 1. The van der Waals surface area contributed by atoms with Crippen LogP contribution in [0.1, 0.15) is 15.9 Å². The highest BCUT2D eigenvalue weighted by molar-refractivity contribution is 7.07. The number of carboxylic acids is 1. The molecule has 1 aromatic heterocycles. The van der Waals surface area contributed by atoms with E-state index in [1.54, 1.807) is 17.4 Å². The summed E-state index contributed by atoms with van der Waals surface area (Å²) in [5.74, 6) is -0.0307. The fraction of sp³-hybridized carbons (Fsp3) is 0.154. The van der Waals surface area contributed by atoms with Crippen LogP contribution in [0.15, 0.2) is 35.0 Å².